The van der Waals surface area contributed by atoms with Gasteiger partial charge >= 0.3 is 5.97 Å². The zero-order valence-corrected chi connectivity index (χ0v) is 12.5. The summed E-state index contributed by atoms with van der Waals surface area (Å²) in [5, 5.41) is 12.0. The molecule has 106 valence electrons. The molecule has 5 nitrogen and oxygen atoms in total. The number of carboxylic acid groups (broad SMARTS) is 1. The second-order valence-corrected chi connectivity index (χ2v) is 6.44. The maximum Gasteiger partial charge on any atom is 0.315 e. The van der Waals surface area contributed by atoms with Crippen molar-refractivity contribution in [3.05, 3.63) is 11.1 Å². The molecule has 19 heavy (non-hydrogen) atoms. The molecular weight excluding hydrogens is 264 g/mol. The lowest BCUT2D eigenvalue weighted by Crippen LogP contribution is -2.45. The maximum atomic E-state index is 11.2. The van der Waals surface area contributed by atoms with Crippen molar-refractivity contribution in [2.75, 3.05) is 18.0 Å². The smallest absolute Gasteiger partial charge is 0.315 e. The molecule has 1 fully saturated rings. The molecule has 0 amide bonds. The normalized spacial score (nSPS) is 24.5. The summed E-state index contributed by atoms with van der Waals surface area (Å²) in [6, 6.07) is 0. The first-order valence-electron chi connectivity index (χ1n) is 6.40. The summed E-state index contributed by atoms with van der Waals surface area (Å²) in [4.78, 5) is 17.9. The molecule has 2 unspecified atom stereocenters. The number of aromatic nitrogens is 1. The predicted octanol–water partition coefficient (Wildman–Crippen LogP) is 2.12. The third kappa shape index (κ3) is 2.90. The number of ether oxygens (including phenoxy) is 1. The summed E-state index contributed by atoms with van der Waals surface area (Å²) in [5.41, 5.74) is -0.329. The van der Waals surface area contributed by atoms with Crippen molar-refractivity contribution >= 4 is 22.4 Å². The fraction of sp³-hybridized carbons (Fsp3) is 0.692. The number of morpholine rings is 1. The lowest BCUT2D eigenvalue weighted by atomic mass is 9.90. The van der Waals surface area contributed by atoms with Crippen molar-refractivity contribution in [2.45, 2.75) is 45.3 Å². The van der Waals surface area contributed by atoms with Crippen molar-refractivity contribution in [3.63, 3.8) is 0 Å². The minimum atomic E-state index is -0.946. The molecule has 0 aliphatic carbocycles. The zero-order chi connectivity index (χ0) is 14.2. The van der Waals surface area contributed by atoms with Gasteiger partial charge in [-0.05, 0) is 27.7 Å². The van der Waals surface area contributed by atoms with Gasteiger partial charge in [-0.3, -0.25) is 4.79 Å². The standard InChI is InChI=1S/C13H20N2O3S/c1-8-5-15(6-9(2)18-8)12-14-10(7-19-12)13(3,4)11(16)17/h7-9H,5-6H2,1-4H3,(H,16,17). The van der Waals surface area contributed by atoms with Gasteiger partial charge in [0.25, 0.3) is 0 Å². The zero-order valence-electron chi connectivity index (χ0n) is 11.7. The molecule has 1 aliphatic heterocycles. The second-order valence-electron chi connectivity index (χ2n) is 5.61. The molecular formula is C13H20N2O3S. The number of rotatable bonds is 3. The minimum absolute atomic E-state index is 0.170. The highest BCUT2D eigenvalue weighted by Gasteiger charge is 2.33. The minimum Gasteiger partial charge on any atom is -0.481 e. The Morgan fingerprint density at radius 3 is 2.58 bits per heavy atom. The Bertz CT molecular complexity index is 462. The van der Waals surface area contributed by atoms with E-state index in [2.05, 4.69) is 9.88 Å². The Kier molecular flexibility index (Phi) is 3.82. The van der Waals surface area contributed by atoms with E-state index in [-0.39, 0.29) is 12.2 Å². The summed E-state index contributed by atoms with van der Waals surface area (Å²) in [7, 11) is 0. The number of carboxylic acids is 1. The van der Waals surface area contributed by atoms with Crippen LogP contribution in [0.1, 0.15) is 33.4 Å². The largest absolute Gasteiger partial charge is 0.481 e. The first-order chi connectivity index (χ1) is 8.80. The van der Waals surface area contributed by atoms with Gasteiger partial charge in [0.05, 0.1) is 17.9 Å². The van der Waals surface area contributed by atoms with Gasteiger partial charge in [-0.15, -0.1) is 11.3 Å². The van der Waals surface area contributed by atoms with Crippen LogP contribution in [0.5, 0.6) is 0 Å². The third-order valence-corrected chi connectivity index (χ3v) is 4.26. The number of hydrogen-bond donors (Lipinski definition) is 1. The van der Waals surface area contributed by atoms with Crippen LogP contribution in [0.4, 0.5) is 5.13 Å². The van der Waals surface area contributed by atoms with Gasteiger partial charge in [0.2, 0.25) is 0 Å². The summed E-state index contributed by atoms with van der Waals surface area (Å²) in [6.45, 7) is 9.03. The van der Waals surface area contributed by atoms with Gasteiger partial charge in [0.1, 0.15) is 5.41 Å². The lowest BCUT2D eigenvalue weighted by Gasteiger charge is -2.35. The number of thiazole rings is 1. The van der Waals surface area contributed by atoms with E-state index in [1.807, 2.05) is 19.2 Å². The summed E-state index contributed by atoms with van der Waals surface area (Å²) >= 11 is 1.50. The number of nitrogens with zero attached hydrogens (tertiary/aromatic N) is 2. The highest BCUT2D eigenvalue weighted by Crippen LogP contribution is 2.30. The first kappa shape index (κ1) is 14.3. The van der Waals surface area contributed by atoms with Crippen LogP contribution in [0, 0.1) is 0 Å². The predicted molar refractivity (Wildman–Crippen MR) is 75.0 cm³/mol. The molecule has 1 aromatic rings. The van der Waals surface area contributed by atoms with Gasteiger partial charge in [-0.25, -0.2) is 4.98 Å². The van der Waals surface area contributed by atoms with E-state index in [1.165, 1.54) is 11.3 Å². The molecule has 1 aromatic heterocycles. The van der Waals surface area contributed by atoms with Gasteiger partial charge in [0.15, 0.2) is 5.13 Å². The van der Waals surface area contributed by atoms with Gasteiger partial charge in [-0.2, -0.15) is 0 Å². The highest BCUT2D eigenvalue weighted by molar-refractivity contribution is 7.13. The van der Waals surface area contributed by atoms with E-state index < -0.39 is 11.4 Å². The molecule has 0 saturated carbocycles. The summed E-state index contributed by atoms with van der Waals surface area (Å²) < 4.78 is 5.69. The molecule has 0 bridgehead atoms. The SMILES string of the molecule is CC1CN(c2nc(C(C)(C)C(=O)O)cs2)CC(C)O1. The molecule has 0 radical (unpaired) electrons. The molecule has 0 aromatic carbocycles. The van der Waals surface area contributed by atoms with Crippen LogP contribution in [0.2, 0.25) is 0 Å². The van der Waals surface area contributed by atoms with Gasteiger partial charge < -0.3 is 14.7 Å². The maximum absolute atomic E-state index is 11.2. The van der Waals surface area contributed by atoms with Crippen LogP contribution in [0.25, 0.3) is 0 Å². The van der Waals surface area contributed by atoms with Gasteiger partial charge in [-0.1, -0.05) is 0 Å². The monoisotopic (exact) mass is 284 g/mol. The molecule has 2 rings (SSSR count). The Labute approximate surface area is 117 Å². The average molecular weight is 284 g/mol. The Morgan fingerprint density at radius 2 is 2.05 bits per heavy atom. The van der Waals surface area contributed by atoms with E-state index in [9.17, 15) is 9.90 Å². The third-order valence-electron chi connectivity index (χ3n) is 3.36. The number of hydrogen-bond acceptors (Lipinski definition) is 5. The van der Waals surface area contributed by atoms with Gasteiger partial charge in [0, 0.05) is 18.5 Å². The van der Waals surface area contributed by atoms with Crippen LogP contribution in [0.15, 0.2) is 5.38 Å². The second kappa shape index (κ2) is 5.09. The molecule has 6 heteroatoms. The Hall–Kier alpha value is -1.14. The van der Waals surface area contributed by atoms with Crippen LogP contribution >= 0.6 is 11.3 Å². The van der Waals surface area contributed by atoms with E-state index in [0.29, 0.717) is 5.69 Å². The fourth-order valence-electron chi connectivity index (χ4n) is 2.14. The number of anilines is 1. The number of carbonyl (C=O) groups is 1. The van der Waals surface area contributed by atoms with Crippen molar-refractivity contribution in [2.24, 2.45) is 0 Å². The fourth-order valence-corrected chi connectivity index (χ4v) is 3.15. The Balaban J connectivity index is 2.19. The van der Waals surface area contributed by atoms with Crippen molar-refractivity contribution in [1.82, 2.24) is 4.98 Å². The first-order valence-corrected chi connectivity index (χ1v) is 7.28. The van der Waals surface area contributed by atoms with Crippen molar-refractivity contribution in [1.29, 1.82) is 0 Å². The molecule has 1 saturated heterocycles. The molecule has 1 N–H and O–H groups in total. The van der Waals surface area contributed by atoms with Crippen LogP contribution < -0.4 is 4.90 Å². The lowest BCUT2D eigenvalue weighted by molar-refractivity contribution is -0.142. The van der Waals surface area contributed by atoms with Crippen LogP contribution in [0.3, 0.4) is 0 Å². The highest BCUT2D eigenvalue weighted by atomic mass is 32.1. The molecule has 0 spiro atoms. The van der Waals surface area contributed by atoms with Crippen molar-refractivity contribution in [3.8, 4) is 0 Å². The van der Waals surface area contributed by atoms with Crippen LogP contribution in [-0.2, 0) is 14.9 Å². The molecule has 2 atom stereocenters. The quantitative estimate of drug-likeness (QED) is 0.921. The topological polar surface area (TPSA) is 62.7 Å². The van der Waals surface area contributed by atoms with E-state index in [4.69, 9.17) is 4.74 Å². The van der Waals surface area contributed by atoms with E-state index >= 15 is 0 Å². The summed E-state index contributed by atoms with van der Waals surface area (Å²) in [5.74, 6) is -0.854. The molecule has 2 heterocycles. The summed E-state index contributed by atoms with van der Waals surface area (Å²) in [6.07, 6.45) is 0.340. The number of aliphatic carboxylic acids is 1. The average Bonchev–Trinajstić information content (AvgIpc) is 2.76. The molecule has 1 aliphatic rings. The van der Waals surface area contributed by atoms with E-state index in [1.54, 1.807) is 13.8 Å². The van der Waals surface area contributed by atoms with Crippen molar-refractivity contribution < 1.29 is 14.6 Å². The van der Waals surface area contributed by atoms with Crippen LogP contribution in [-0.4, -0.2) is 41.4 Å². The van der Waals surface area contributed by atoms with E-state index in [0.717, 1.165) is 18.2 Å². The Morgan fingerprint density at radius 1 is 1.47 bits per heavy atom.